The molecule has 12 aromatic rings. The van der Waals surface area contributed by atoms with E-state index in [0.29, 0.717) is 17.5 Å². The highest BCUT2D eigenvalue weighted by Crippen LogP contribution is 2.48. The Balaban J connectivity index is 1.15. The highest BCUT2D eigenvalue weighted by Gasteiger charge is 2.23. The number of rotatable bonds is 5. The van der Waals surface area contributed by atoms with Crippen molar-refractivity contribution in [3.8, 4) is 51.0 Å². The lowest BCUT2D eigenvalue weighted by Crippen LogP contribution is -2.00. The minimum absolute atomic E-state index is 0.596. The van der Waals surface area contributed by atoms with E-state index in [1.54, 1.807) is 0 Å². The first kappa shape index (κ1) is 31.9. The summed E-state index contributed by atoms with van der Waals surface area (Å²) in [5.74, 6) is 1.84. The van der Waals surface area contributed by atoms with E-state index in [0.717, 1.165) is 49.8 Å². The Labute approximate surface area is 330 Å². The number of nitrogens with zero attached hydrogens (tertiary/aromatic N) is 4. The minimum atomic E-state index is 0.596. The molecule has 4 aromatic heterocycles. The number of fused-ring (bicyclic) bond motifs is 9. The number of thiophene rings is 1. The van der Waals surface area contributed by atoms with Crippen molar-refractivity contribution in [2.75, 3.05) is 0 Å². The fraction of sp³-hybridized carbons (Fsp3) is 0. The fourth-order valence-electron chi connectivity index (χ4n) is 8.65. The molecule has 0 spiro atoms. The lowest BCUT2D eigenvalue weighted by Gasteiger charge is -2.13. The largest absolute Gasteiger partial charge is 0.456 e. The van der Waals surface area contributed by atoms with Gasteiger partial charge in [0.05, 0.1) is 16.7 Å². The van der Waals surface area contributed by atoms with Crippen LogP contribution in [-0.2, 0) is 0 Å². The summed E-state index contributed by atoms with van der Waals surface area (Å²) >= 11 is 1.84. The van der Waals surface area contributed by atoms with Crippen LogP contribution < -0.4 is 0 Å². The van der Waals surface area contributed by atoms with E-state index in [9.17, 15) is 0 Å². The summed E-state index contributed by atoms with van der Waals surface area (Å²) in [5.41, 5.74) is 10.2. The smallest absolute Gasteiger partial charge is 0.164 e. The molecule has 0 amide bonds. The summed E-state index contributed by atoms with van der Waals surface area (Å²) in [4.78, 5) is 15.3. The molecule has 0 unspecified atom stereocenters. The third-order valence-corrected chi connectivity index (χ3v) is 12.2. The number of hydrogen-bond donors (Lipinski definition) is 0. The molecule has 0 saturated carbocycles. The van der Waals surface area contributed by atoms with Crippen LogP contribution in [0.5, 0.6) is 0 Å². The molecule has 0 N–H and O–H groups in total. The standard InChI is InChI=1S/C51H30N4OS/c1-3-15-31(16-4-1)49-52-50(32-17-5-2-6-18-32)54-51(53-49)37-23-12-28-42-46(37)45-35(21-11-27-41(45)56-42)36-22-13-29-43-47(36)48-40(26-14-30-44(48)57-43)55-38-24-9-7-19-33(38)34-20-8-10-25-39(34)55/h1-30H. The first-order valence-electron chi connectivity index (χ1n) is 19.0. The van der Waals surface area contributed by atoms with E-state index in [-0.39, 0.29) is 0 Å². The second kappa shape index (κ2) is 12.6. The summed E-state index contributed by atoms with van der Waals surface area (Å²) < 4.78 is 11.6. The molecular formula is C51H30N4OS. The normalized spacial score (nSPS) is 11.9. The Morgan fingerprint density at radius 3 is 1.47 bits per heavy atom. The average molecular weight is 747 g/mol. The van der Waals surface area contributed by atoms with Crippen LogP contribution in [0.2, 0.25) is 0 Å². The predicted molar refractivity (Wildman–Crippen MR) is 236 cm³/mol. The maximum atomic E-state index is 6.69. The Kier molecular flexibility index (Phi) is 7.03. The van der Waals surface area contributed by atoms with E-state index in [2.05, 4.69) is 114 Å². The third kappa shape index (κ3) is 4.91. The molecular weight excluding hydrogens is 717 g/mol. The molecule has 4 heterocycles. The lowest BCUT2D eigenvalue weighted by molar-refractivity contribution is 0.669. The van der Waals surface area contributed by atoms with Crippen LogP contribution >= 0.6 is 11.3 Å². The Bertz CT molecular complexity index is 3420. The molecule has 5 nitrogen and oxygen atoms in total. The molecule has 6 heteroatoms. The van der Waals surface area contributed by atoms with Gasteiger partial charge in [0.25, 0.3) is 0 Å². The highest BCUT2D eigenvalue weighted by atomic mass is 32.1. The number of hydrogen-bond acceptors (Lipinski definition) is 5. The van der Waals surface area contributed by atoms with Gasteiger partial charge in [0.15, 0.2) is 17.5 Å². The number of aromatic nitrogens is 4. The quantitative estimate of drug-likeness (QED) is 0.176. The van der Waals surface area contributed by atoms with Crippen molar-refractivity contribution in [2.45, 2.75) is 0 Å². The van der Waals surface area contributed by atoms with Crippen molar-refractivity contribution in [2.24, 2.45) is 0 Å². The number of furan rings is 1. The van der Waals surface area contributed by atoms with E-state index in [1.165, 1.54) is 47.7 Å². The molecule has 0 fully saturated rings. The monoisotopic (exact) mass is 746 g/mol. The summed E-state index contributed by atoms with van der Waals surface area (Å²) in [6.45, 7) is 0. The maximum Gasteiger partial charge on any atom is 0.164 e. The molecule has 0 aliphatic rings. The van der Waals surface area contributed by atoms with Crippen LogP contribution in [0, 0.1) is 0 Å². The van der Waals surface area contributed by atoms with Gasteiger partial charge in [-0.2, -0.15) is 0 Å². The van der Waals surface area contributed by atoms with Gasteiger partial charge >= 0.3 is 0 Å². The van der Waals surface area contributed by atoms with E-state index >= 15 is 0 Å². The summed E-state index contributed by atoms with van der Waals surface area (Å²) in [5, 5.41) is 6.97. The third-order valence-electron chi connectivity index (χ3n) is 11.1. The van der Waals surface area contributed by atoms with E-state index in [4.69, 9.17) is 19.4 Å². The van der Waals surface area contributed by atoms with Gasteiger partial charge in [0.2, 0.25) is 0 Å². The molecule has 266 valence electrons. The molecule has 0 aliphatic carbocycles. The van der Waals surface area contributed by atoms with Crippen LogP contribution in [0.25, 0.3) is 115 Å². The molecule has 0 saturated heterocycles. The van der Waals surface area contributed by atoms with Crippen molar-refractivity contribution >= 4 is 75.3 Å². The van der Waals surface area contributed by atoms with Crippen LogP contribution in [-0.4, -0.2) is 19.5 Å². The molecule has 12 rings (SSSR count). The molecule has 0 aliphatic heterocycles. The van der Waals surface area contributed by atoms with Crippen molar-refractivity contribution in [1.29, 1.82) is 0 Å². The predicted octanol–water partition coefficient (Wildman–Crippen LogP) is 13.9. The van der Waals surface area contributed by atoms with Crippen molar-refractivity contribution in [1.82, 2.24) is 19.5 Å². The zero-order valence-electron chi connectivity index (χ0n) is 30.4. The minimum Gasteiger partial charge on any atom is -0.456 e. The molecule has 57 heavy (non-hydrogen) atoms. The highest BCUT2D eigenvalue weighted by molar-refractivity contribution is 7.26. The first-order chi connectivity index (χ1) is 28.3. The van der Waals surface area contributed by atoms with Gasteiger partial charge in [-0.15, -0.1) is 11.3 Å². The van der Waals surface area contributed by atoms with Gasteiger partial charge in [0, 0.05) is 58.4 Å². The number of para-hydroxylation sites is 2. The summed E-state index contributed by atoms with van der Waals surface area (Å²) in [6, 6.07) is 63.7. The van der Waals surface area contributed by atoms with Crippen LogP contribution in [0.1, 0.15) is 0 Å². The lowest BCUT2D eigenvalue weighted by atomic mass is 9.93. The topological polar surface area (TPSA) is 56.7 Å². The zero-order chi connectivity index (χ0) is 37.5. The van der Waals surface area contributed by atoms with Gasteiger partial charge in [-0.3, -0.25) is 0 Å². The Hall–Kier alpha value is -7.41. The molecule has 8 aromatic carbocycles. The first-order valence-corrected chi connectivity index (χ1v) is 19.8. The second-order valence-electron chi connectivity index (χ2n) is 14.3. The zero-order valence-corrected chi connectivity index (χ0v) is 31.2. The van der Waals surface area contributed by atoms with Gasteiger partial charge in [-0.05, 0) is 53.6 Å². The van der Waals surface area contributed by atoms with Crippen molar-refractivity contribution in [3.63, 3.8) is 0 Å². The second-order valence-corrected chi connectivity index (χ2v) is 15.4. The Morgan fingerprint density at radius 2 is 0.842 bits per heavy atom. The number of benzene rings is 8. The van der Waals surface area contributed by atoms with Gasteiger partial charge in [-0.1, -0.05) is 140 Å². The molecule has 0 bridgehead atoms. The fourth-order valence-corrected chi connectivity index (χ4v) is 9.80. The van der Waals surface area contributed by atoms with Gasteiger partial charge in [0.1, 0.15) is 11.2 Å². The van der Waals surface area contributed by atoms with Crippen LogP contribution in [0.15, 0.2) is 186 Å². The molecule has 0 radical (unpaired) electrons. The summed E-state index contributed by atoms with van der Waals surface area (Å²) in [7, 11) is 0. The molecule has 0 atom stereocenters. The van der Waals surface area contributed by atoms with Crippen LogP contribution in [0.3, 0.4) is 0 Å². The van der Waals surface area contributed by atoms with Crippen LogP contribution in [0.4, 0.5) is 0 Å². The SMILES string of the molecule is c1ccc(-c2nc(-c3ccccc3)nc(-c3cccc4oc5cccc(-c6cccc7sc8cccc(-n9c%10ccccc%10c%10ccccc%109)c8c67)c5c34)n2)cc1. The maximum absolute atomic E-state index is 6.69. The van der Waals surface area contributed by atoms with E-state index in [1.807, 2.05) is 84.1 Å². The summed E-state index contributed by atoms with van der Waals surface area (Å²) in [6.07, 6.45) is 0. The van der Waals surface area contributed by atoms with E-state index < -0.39 is 0 Å². The van der Waals surface area contributed by atoms with Crippen molar-refractivity contribution in [3.05, 3.63) is 182 Å². The average Bonchev–Trinajstić information content (AvgIpc) is 3.97. The van der Waals surface area contributed by atoms with Crippen molar-refractivity contribution < 1.29 is 4.42 Å². The van der Waals surface area contributed by atoms with Gasteiger partial charge in [-0.25, -0.2) is 15.0 Å². The Morgan fingerprint density at radius 1 is 0.368 bits per heavy atom. The van der Waals surface area contributed by atoms with Gasteiger partial charge < -0.3 is 8.98 Å².